The van der Waals surface area contributed by atoms with E-state index in [1.165, 1.54) is 0 Å². The summed E-state index contributed by atoms with van der Waals surface area (Å²) in [5.41, 5.74) is 8.51. The van der Waals surface area contributed by atoms with Gasteiger partial charge in [0.1, 0.15) is 17.8 Å². The number of anilines is 1. The first kappa shape index (κ1) is 24.0. The van der Waals surface area contributed by atoms with E-state index in [4.69, 9.17) is 22.4 Å². The van der Waals surface area contributed by atoms with Crippen LogP contribution < -0.4 is 16.0 Å². The lowest BCUT2D eigenvalue weighted by molar-refractivity contribution is -0.127. The molecule has 1 amide bonds. The van der Waals surface area contributed by atoms with Crippen LogP contribution in [0, 0.1) is 6.92 Å². The first-order valence-electron chi connectivity index (χ1n) is 10.8. The number of amides is 1. The molecule has 0 spiro atoms. The third-order valence-corrected chi connectivity index (χ3v) is 5.90. The molecule has 0 saturated carbocycles. The van der Waals surface area contributed by atoms with Gasteiger partial charge in [-0.2, -0.15) is 0 Å². The monoisotopic (exact) mass is 458 g/mol. The molecule has 8 nitrogen and oxygen atoms in total. The zero-order valence-corrected chi connectivity index (χ0v) is 19.3. The largest absolute Gasteiger partial charge is 0.396 e. The van der Waals surface area contributed by atoms with E-state index in [1.807, 2.05) is 44.3 Å². The van der Waals surface area contributed by atoms with Crippen LogP contribution in [0.3, 0.4) is 0 Å². The van der Waals surface area contributed by atoms with Gasteiger partial charge >= 0.3 is 0 Å². The second-order valence-electron chi connectivity index (χ2n) is 8.07. The van der Waals surface area contributed by atoms with E-state index in [2.05, 4.69) is 25.2 Å². The number of carbonyl (C=O) groups excluding carboxylic acids is 1. The van der Waals surface area contributed by atoms with E-state index in [0.29, 0.717) is 44.1 Å². The van der Waals surface area contributed by atoms with Gasteiger partial charge in [-0.05, 0) is 49.4 Å². The Morgan fingerprint density at radius 2 is 1.94 bits per heavy atom. The second-order valence-corrected chi connectivity index (χ2v) is 8.50. The van der Waals surface area contributed by atoms with Crippen LogP contribution in [0.1, 0.15) is 37.3 Å². The van der Waals surface area contributed by atoms with Gasteiger partial charge in [0.15, 0.2) is 0 Å². The first-order valence-corrected chi connectivity index (χ1v) is 11.2. The number of nitrogens with two attached hydrogens (primary N) is 1. The van der Waals surface area contributed by atoms with Crippen LogP contribution in [0.2, 0.25) is 5.02 Å². The molecule has 1 fully saturated rings. The molecule has 9 heteroatoms. The van der Waals surface area contributed by atoms with Crippen LogP contribution >= 0.6 is 11.6 Å². The number of hydrogen-bond donors (Lipinski definition) is 4. The van der Waals surface area contributed by atoms with Crippen molar-refractivity contribution >= 4 is 34.4 Å². The van der Waals surface area contributed by atoms with E-state index in [9.17, 15) is 4.79 Å². The molecule has 0 unspecified atom stereocenters. The molecule has 1 aromatic carbocycles. The Labute approximate surface area is 193 Å². The fraction of sp³-hybridized carbons (Fsp3) is 0.435. The lowest BCUT2D eigenvalue weighted by Crippen LogP contribution is -2.59. The topological polar surface area (TPSA) is 120 Å². The molecular formula is C23H31ClN6O2. The van der Waals surface area contributed by atoms with Gasteiger partial charge in [-0.3, -0.25) is 4.79 Å². The van der Waals surface area contributed by atoms with Gasteiger partial charge in [-0.25, -0.2) is 9.97 Å². The standard InChI is InChI=1S/C20H23ClN6O.C3H8O/c1-13-10-23-17-16(13)18(26-12-25-17)27-8-6-20(22,7-9-27)19(28)24-11-14-2-4-15(21)5-3-14;1-2-3-4/h2-5,10,12H,6-9,11,22H2,1H3,(H,24,28)(H,23,25,26);4H,2-3H2,1H3. The number of aromatic nitrogens is 3. The molecule has 172 valence electrons. The Morgan fingerprint density at radius 3 is 2.56 bits per heavy atom. The lowest BCUT2D eigenvalue weighted by atomic mass is 9.87. The molecular weight excluding hydrogens is 428 g/mol. The van der Waals surface area contributed by atoms with Crippen molar-refractivity contribution in [1.29, 1.82) is 0 Å². The fourth-order valence-electron chi connectivity index (χ4n) is 3.64. The molecule has 3 aromatic rings. The number of benzene rings is 1. The maximum Gasteiger partial charge on any atom is 0.240 e. The van der Waals surface area contributed by atoms with Crippen molar-refractivity contribution in [2.24, 2.45) is 5.73 Å². The molecule has 1 aliphatic rings. The minimum absolute atomic E-state index is 0.118. The zero-order chi connectivity index (χ0) is 23.1. The number of halogens is 1. The number of carbonyl (C=O) groups is 1. The minimum Gasteiger partial charge on any atom is -0.396 e. The van der Waals surface area contributed by atoms with E-state index in [-0.39, 0.29) is 5.91 Å². The number of nitrogens with one attached hydrogen (secondary N) is 2. The number of nitrogens with zero attached hydrogens (tertiary/aromatic N) is 3. The summed E-state index contributed by atoms with van der Waals surface area (Å²) in [5, 5.41) is 12.5. The molecule has 1 saturated heterocycles. The SMILES string of the molecule is CCCO.Cc1c[nH]c2ncnc(N3CCC(N)(C(=O)NCc4ccc(Cl)cc4)CC3)c12. The van der Waals surface area contributed by atoms with Gasteiger partial charge < -0.3 is 26.0 Å². The van der Waals surface area contributed by atoms with Gasteiger partial charge in [0.25, 0.3) is 0 Å². The van der Waals surface area contributed by atoms with Crippen LogP contribution in [0.5, 0.6) is 0 Å². The number of fused-ring (bicyclic) bond motifs is 1. The van der Waals surface area contributed by atoms with E-state index in [1.54, 1.807) is 6.33 Å². The maximum absolute atomic E-state index is 12.7. The maximum atomic E-state index is 12.7. The number of aromatic amines is 1. The van der Waals surface area contributed by atoms with E-state index in [0.717, 1.165) is 34.4 Å². The molecule has 1 aliphatic heterocycles. The van der Waals surface area contributed by atoms with Crippen LogP contribution in [-0.4, -0.2) is 51.2 Å². The average molecular weight is 459 g/mol. The van der Waals surface area contributed by atoms with Crippen molar-refractivity contribution in [2.75, 3.05) is 24.6 Å². The molecule has 0 atom stereocenters. The highest BCUT2D eigenvalue weighted by Gasteiger charge is 2.38. The van der Waals surface area contributed by atoms with Crippen LogP contribution in [0.25, 0.3) is 11.0 Å². The zero-order valence-electron chi connectivity index (χ0n) is 18.6. The summed E-state index contributed by atoms with van der Waals surface area (Å²) in [7, 11) is 0. The highest BCUT2D eigenvalue weighted by Crippen LogP contribution is 2.30. The number of hydrogen-bond acceptors (Lipinski definition) is 6. The molecule has 0 bridgehead atoms. The van der Waals surface area contributed by atoms with Crippen LogP contribution in [0.4, 0.5) is 5.82 Å². The van der Waals surface area contributed by atoms with Crippen molar-refractivity contribution in [1.82, 2.24) is 20.3 Å². The fourth-order valence-corrected chi connectivity index (χ4v) is 3.77. The second kappa shape index (κ2) is 10.8. The number of aliphatic hydroxyl groups excluding tert-OH is 1. The van der Waals surface area contributed by atoms with Gasteiger partial charge in [-0.15, -0.1) is 0 Å². The van der Waals surface area contributed by atoms with Gasteiger partial charge in [0.2, 0.25) is 5.91 Å². The third-order valence-electron chi connectivity index (χ3n) is 5.64. The molecule has 4 rings (SSSR count). The summed E-state index contributed by atoms with van der Waals surface area (Å²) in [6.07, 6.45) is 5.50. The molecule has 32 heavy (non-hydrogen) atoms. The number of aryl methyl sites for hydroxylation is 1. The average Bonchev–Trinajstić information content (AvgIpc) is 3.20. The summed E-state index contributed by atoms with van der Waals surface area (Å²) >= 11 is 5.90. The third kappa shape index (κ3) is 5.56. The number of H-pyrrole nitrogens is 1. The van der Waals surface area contributed by atoms with Gasteiger partial charge in [0.05, 0.1) is 10.9 Å². The number of piperidine rings is 1. The van der Waals surface area contributed by atoms with Crippen molar-refractivity contribution in [3.05, 3.63) is 52.9 Å². The first-order chi connectivity index (χ1) is 15.4. The Hall–Kier alpha value is -2.68. The Balaban J connectivity index is 0.000000668. The summed E-state index contributed by atoms with van der Waals surface area (Å²) < 4.78 is 0. The van der Waals surface area contributed by atoms with Crippen molar-refractivity contribution < 1.29 is 9.90 Å². The minimum atomic E-state index is -0.873. The smallest absolute Gasteiger partial charge is 0.240 e. The molecule has 0 radical (unpaired) electrons. The Morgan fingerprint density at radius 1 is 1.28 bits per heavy atom. The van der Waals surface area contributed by atoms with Crippen molar-refractivity contribution in [3.63, 3.8) is 0 Å². The highest BCUT2D eigenvalue weighted by atomic mass is 35.5. The van der Waals surface area contributed by atoms with E-state index >= 15 is 0 Å². The van der Waals surface area contributed by atoms with Crippen molar-refractivity contribution in [3.8, 4) is 0 Å². The quantitative estimate of drug-likeness (QED) is 0.466. The van der Waals surface area contributed by atoms with Crippen LogP contribution in [0.15, 0.2) is 36.8 Å². The molecule has 0 aliphatic carbocycles. The highest BCUT2D eigenvalue weighted by molar-refractivity contribution is 6.30. The van der Waals surface area contributed by atoms with E-state index < -0.39 is 5.54 Å². The molecule has 3 heterocycles. The lowest BCUT2D eigenvalue weighted by Gasteiger charge is -2.38. The number of aliphatic hydroxyl groups is 1. The summed E-state index contributed by atoms with van der Waals surface area (Å²) in [6, 6.07) is 7.42. The molecule has 2 aromatic heterocycles. The Bertz CT molecular complexity index is 1030. The number of rotatable bonds is 5. The molecule has 5 N–H and O–H groups in total. The van der Waals surface area contributed by atoms with Crippen molar-refractivity contribution in [2.45, 2.75) is 45.2 Å². The summed E-state index contributed by atoms with van der Waals surface area (Å²) in [6.45, 7) is 6.06. The van der Waals surface area contributed by atoms with Gasteiger partial charge in [-0.1, -0.05) is 30.7 Å². The summed E-state index contributed by atoms with van der Waals surface area (Å²) in [4.78, 5) is 26.8. The van der Waals surface area contributed by atoms with Crippen LogP contribution in [-0.2, 0) is 11.3 Å². The summed E-state index contributed by atoms with van der Waals surface area (Å²) in [5.74, 6) is 0.778. The predicted molar refractivity (Wildman–Crippen MR) is 128 cm³/mol. The van der Waals surface area contributed by atoms with Gasteiger partial charge in [0, 0.05) is 37.5 Å². The normalized spacial score (nSPS) is 15.2. The predicted octanol–water partition coefficient (Wildman–Crippen LogP) is 2.92. The Kier molecular flexibility index (Phi) is 8.06.